The fourth-order valence-corrected chi connectivity index (χ4v) is 3.43. The van der Waals surface area contributed by atoms with Gasteiger partial charge in [0.1, 0.15) is 17.7 Å². The first-order valence-corrected chi connectivity index (χ1v) is 7.36. The summed E-state index contributed by atoms with van der Waals surface area (Å²) in [4.78, 5) is 0. The van der Waals surface area contributed by atoms with Gasteiger partial charge >= 0.3 is 0 Å². The first kappa shape index (κ1) is 12.9. The fourth-order valence-electron chi connectivity index (χ4n) is 3.43. The van der Waals surface area contributed by atoms with Crippen molar-refractivity contribution in [3.05, 3.63) is 29.6 Å². The van der Waals surface area contributed by atoms with E-state index in [0.717, 1.165) is 12.3 Å². The summed E-state index contributed by atoms with van der Waals surface area (Å²) >= 11 is 0. The van der Waals surface area contributed by atoms with E-state index in [1.54, 1.807) is 6.07 Å². The van der Waals surface area contributed by atoms with Crippen molar-refractivity contribution in [1.29, 1.82) is 0 Å². The highest BCUT2D eigenvalue weighted by Gasteiger charge is 2.29. The van der Waals surface area contributed by atoms with Gasteiger partial charge in [-0.05, 0) is 30.5 Å². The molecule has 0 aromatic heterocycles. The molecule has 1 fully saturated rings. The minimum atomic E-state index is -0.590. The van der Waals surface area contributed by atoms with Gasteiger partial charge in [0.05, 0.1) is 6.10 Å². The highest BCUT2D eigenvalue weighted by atomic mass is 19.1. The van der Waals surface area contributed by atoms with Crippen molar-refractivity contribution in [2.75, 3.05) is 0 Å². The molecule has 2 aliphatic rings. The molecule has 1 N–H and O–H groups in total. The maximum Gasteiger partial charge on any atom is 0.125 e. The maximum atomic E-state index is 13.2. The number of aliphatic hydroxyl groups is 1. The topological polar surface area (TPSA) is 29.5 Å². The first-order chi connectivity index (χ1) is 9.22. The lowest BCUT2D eigenvalue weighted by Gasteiger charge is -2.33. The summed E-state index contributed by atoms with van der Waals surface area (Å²) in [5.74, 6) is 1.07. The normalized spacial score (nSPS) is 27.7. The second-order valence-electron chi connectivity index (χ2n) is 5.91. The number of aliphatic hydroxyl groups excluding tert-OH is 1. The van der Waals surface area contributed by atoms with Crippen LogP contribution in [0, 0.1) is 11.7 Å². The lowest BCUT2D eigenvalue weighted by atomic mass is 9.83. The van der Waals surface area contributed by atoms with Gasteiger partial charge in [-0.2, -0.15) is 0 Å². The Morgan fingerprint density at radius 2 is 2.00 bits per heavy atom. The Bertz CT molecular complexity index is 440. The second kappa shape index (κ2) is 5.49. The van der Waals surface area contributed by atoms with Gasteiger partial charge in [-0.25, -0.2) is 4.39 Å². The van der Waals surface area contributed by atoms with Crippen LogP contribution in [0.2, 0.25) is 0 Å². The molecule has 0 radical (unpaired) electrons. The molecule has 0 bridgehead atoms. The van der Waals surface area contributed by atoms with E-state index in [-0.39, 0.29) is 11.9 Å². The molecular formula is C16H21FO2. The average molecular weight is 264 g/mol. The van der Waals surface area contributed by atoms with Crippen molar-refractivity contribution in [3.8, 4) is 5.75 Å². The molecule has 1 unspecified atom stereocenters. The first-order valence-electron chi connectivity index (χ1n) is 7.36. The van der Waals surface area contributed by atoms with Crippen LogP contribution in [-0.2, 0) is 0 Å². The van der Waals surface area contributed by atoms with Gasteiger partial charge in [-0.15, -0.1) is 0 Å². The molecule has 19 heavy (non-hydrogen) atoms. The van der Waals surface area contributed by atoms with Gasteiger partial charge in [-0.3, -0.25) is 0 Å². The summed E-state index contributed by atoms with van der Waals surface area (Å²) in [6, 6.07) is 4.42. The van der Waals surface area contributed by atoms with Crippen molar-refractivity contribution in [3.63, 3.8) is 0 Å². The summed E-state index contributed by atoms with van der Waals surface area (Å²) in [6.07, 6.45) is 7.67. The van der Waals surface area contributed by atoms with Crippen LogP contribution in [0.5, 0.6) is 5.75 Å². The van der Waals surface area contributed by atoms with Gasteiger partial charge in [0.2, 0.25) is 0 Å². The lowest BCUT2D eigenvalue weighted by Crippen LogP contribution is -2.28. The van der Waals surface area contributed by atoms with Crippen LogP contribution in [0.3, 0.4) is 0 Å². The monoisotopic (exact) mass is 264 g/mol. The third-order valence-corrected chi connectivity index (χ3v) is 4.43. The molecule has 0 amide bonds. The third kappa shape index (κ3) is 2.92. The Labute approximate surface area is 113 Å². The zero-order valence-corrected chi connectivity index (χ0v) is 11.1. The number of hydrogen-bond donors (Lipinski definition) is 1. The van der Waals surface area contributed by atoms with Gasteiger partial charge in [0, 0.05) is 12.0 Å². The SMILES string of the molecule is O[C@H]1CC(CC2CCCCC2)Oc2ccc(F)cc21. The van der Waals surface area contributed by atoms with Crippen LogP contribution in [0.25, 0.3) is 0 Å². The van der Waals surface area contributed by atoms with E-state index < -0.39 is 6.10 Å². The number of ether oxygens (including phenoxy) is 1. The lowest BCUT2D eigenvalue weighted by molar-refractivity contribution is 0.0491. The predicted octanol–water partition coefficient (Wildman–Crippen LogP) is 3.98. The molecule has 104 valence electrons. The van der Waals surface area contributed by atoms with E-state index in [9.17, 15) is 9.50 Å². The number of hydrogen-bond acceptors (Lipinski definition) is 2. The molecule has 3 rings (SSSR count). The Hall–Kier alpha value is -1.09. The number of rotatable bonds is 2. The van der Waals surface area contributed by atoms with E-state index in [0.29, 0.717) is 17.7 Å². The van der Waals surface area contributed by atoms with Crippen LogP contribution in [0.1, 0.15) is 56.6 Å². The molecule has 2 atom stereocenters. The molecular weight excluding hydrogens is 243 g/mol. The van der Waals surface area contributed by atoms with Gasteiger partial charge < -0.3 is 9.84 Å². The van der Waals surface area contributed by atoms with E-state index >= 15 is 0 Å². The molecule has 3 heteroatoms. The number of benzene rings is 1. The van der Waals surface area contributed by atoms with Crippen molar-refractivity contribution >= 4 is 0 Å². The van der Waals surface area contributed by atoms with E-state index in [1.807, 2.05) is 0 Å². The molecule has 2 nitrogen and oxygen atoms in total. The van der Waals surface area contributed by atoms with Crippen molar-refractivity contribution < 1.29 is 14.2 Å². The smallest absolute Gasteiger partial charge is 0.125 e. The zero-order chi connectivity index (χ0) is 13.2. The molecule has 1 heterocycles. The highest BCUT2D eigenvalue weighted by Crippen LogP contribution is 2.38. The number of halogens is 1. The summed E-state index contributed by atoms with van der Waals surface area (Å²) < 4.78 is 19.1. The quantitative estimate of drug-likeness (QED) is 0.875. The van der Waals surface area contributed by atoms with Gasteiger partial charge in [0.25, 0.3) is 0 Å². The minimum Gasteiger partial charge on any atom is -0.490 e. The maximum absolute atomic E-state index is 13.2. The summed E-state index contributed by atoms with van der Waals surface area (Å²) in [5, 5.41) is 10.1. The molecule has 1 aromatic rings. The van der Waals surface area contributed by atoms with Gasteiger partial charge in [0.15, 0.2) is 0 Å². The molecule has 1 aromatic carbocycles. The van der Waals surface area contributed by atoms with Crippen LogP contribution >= 0.6 is 0 Å². The van der Waals surface area contributed by atoms with Crippen molar-refractivity contribution in [1.82, 2.24) is 0 Å². The zero-order valence-electron chi connectivity index (χ0n) is 11.1. The Balaban J connectivity index is 1.68. The highest BCUT2D eigenvalue weighted by molar-refractivity contribution is 5.37. The van der Waals surface area contributed by atoms with E-state index in [2.05, 4.69) is 0 Å². The van der Waals surface area contributed by atoms with E-state index in [1.165, 1.54) is 44.2 Å². The Kier molecular flexibility index (Phi) is 3.74. The van der Waals surface area contributed by atoms with Crippen LogP contribution in [0.15, 0.2) is 18.2 Å². The molecule has 1 aliphatic heterocycles. The van der Waals surface area contributed by atoms with Gasteiger partial charge in [-0.1, -0.05) is 32.1 Å². The standard InChI is InChI=1S/C16H21FO2/c17-12-6-7-16-14(9-12)15(18)10-13(19-16)8-11-4-2-1-3-5-11/h6-7,9,11,13,15,18H,1-5,8,10H2/t13?,15-/m0/s1. The third-order valence-electron chi connectivity index (χ3n) is 4.43. The van der Waals surface area contributed by atoms with Crippen LogP contribution in [0.4, 0.5) is 4.39 Å². The van der Waals surface area contributed by atoms with Crippen LogP contribution < -0.4 is 4.74 Å². The van der Waals surface area contributed by atoms with E-state index in [4.69, 9.17) is 4.74 Å². The Morgan fingerprint density at radius 3 is 2.79 bits per heavy atom. The fraction of sp³-hybridized carbons (Fsp3) is 0.625. The summed E-state index contributed by atoms with van der Waals surface area (Å²) in [6.45, 7) is 0. The van der Waals surface area contributed by atoms with Crippen molar-refractivity contribution in [2.24, 2.45) is 5.92 Å². The minimum absolute atomic E-state index is 0.0797. The van der Waals surface area contributed by atoms with Crippen molar-refractivity contribution in [2.45, 2.75) is 57.2 Å². The largest absolute Gasteiger partial charge is 0.490 e. The summed E-state index contributed by atoms with van der Waals surface area (Å²) in [5.41, 5.74) is 0.597. The predicted molar refractivity (Wildman–Crippen MR) is 71.6 cm³/mol. The molecule has 0 spiro atoms. The molecule has 1 saturated carbocycles. The summed E-state index contributed by atoms with van der Waals surface area (Å²) in [7, 11) is 0. The Morgan fingerprint density at radius 1 is 1.21 bits per heavy atom. The average Bonchev–Trinajstić information content (AvgIpc) is 2.41. The molecule has 1 aliphatic carbocycles. The molecule has 0 saturated heterocycles. The number of fused-ring (bicyclic) bond motifs is 1. The van der Waals surface area contributed by atoms with Crippen LogP contribution in [-0.4, -0.2) is 11.2 Å². The second-order valence-corrected chi connectivity index (χ2v) is 5.91.